The van der Waals surface area contributed by atoms with Gasteiger partial charge in [0, 0.05) is 28.9 Å². The summed E-state index contributed by atoms with van der Waals surface area (Å²) >= 11 is 1.63. The highest BCUT2D eigenvalue weighted by atomic mass is 32.1. The predicted molar refractivity (Wildman–Crippen MR) is 78.5 cm³/mol. The maximum Gasteiger partial charge on any atom is 0.275 e. The number of nitrogens with one attached hydrogen (secondary N) is 1. The second-order valence-electron chi connectivity index (χ2n) is 4.10. The molecule has 1 aromatic carbocycles. The summed E-state index contributed by atoms with van der Waals surface area (Å²) in [6.07, 6.45) is 2.82. The average molecular weight is 293 g/mol. The smallest absolute Gasteiger partial charge is 0.275 e. The quantitative estimate of drug-likeness (QED) is 0.653. The van der Waals surface area contributed by atoms with Gasteiger partial charge in [0.2, 0.25) is 0 Å². The Morgan fingerprint density at radius 1 is 1.45 bits per heavy atom. The minimum atomic E-state index is -0.438. The highest BCUT2D eigenvalue weighted by Crippen LogP contribution is 2.26. The van der Waals surface area contributed by atoms with Gasteiger partial charge >= 0.3 is 0 Å². The Morgan fingerprint density at radius 3 is 2.85 bits per heavy atom. The minimum absolute atomic E-state index is 0.000219. The van der Waals surface area contributed by atoms with Crippen LogP contribution >= 0.6 is 11.3 Å². The van der Waals surface area contributed by atoms with E-state index in [1.807, 2.05) is 6.20 Å². The molecule has 1 aromatic heterocycles. The number of nitrogens with zero attached hydrogens (tertiary/aromatic N) is 2. The van der Waals surface area contributed by atoms with Crippen LogP contribution in [-0.2, 0) is 13.0 Å². The van der Waals surface area contributed by atoms with E-state index in [0.717, 1.165) is 11.4 Å². The van der Waals surface area contributed by atoms with Crippen molar-refractivity contribution in [2.45, 2.75) is 19.9 Å². The zero-order valence-corrected chi connectivity index (χ0v) is 12.1. The fourth-order valence-corrected chi connectivity index (χ4v) is 2.48. The van der Waals surface area contributed by atoms with Gasteiger partial charge in [-0.1, -0.05) is 6.92 Å². The molecule has 0 bridgehead atoms. The molecule has 0 saturated carbocycles. The number of nitro groups is 1. The lowest BCUT2D eigenvalue weighted by molar-refractivity contribution is -0.384. The number of nitro benzene ring substituents is 1. The van der Waals surface area contributed by atoms with Gasteiger partial charge in [-0.25, -0.2) is 4.98 Å². The highest BCUT2D eigenvalue weighted by Gasteiger charge is 2.10. The molecule has 0 aliphatic rings. The highest BCUT2D eigenvalue weighted by molar-refractivity contribution is 7.11. The Kier molecular flexibility index (Phi) is 4.52. The minimum Gasteiger partial charge on any atom is -0.496 e. The van der Waals surface area contributed by atoms with Crippen molar-refractivity contribution in [3.05, 3.63) is 44.4 Å². The summed E-state index contributed by atoms with van der Waals surface area (Å²) in [6, 6.07) is 4.60. The van der Waals surface area contributed by atoms with Crippen LogP contribution in [0, 0.1) is 10.1 Å². The first-order valence-corrected chi connectivity index (χ1v) is 6.95. The van der Waals surface area contributed by atoms with Crippen LogP contribution in [0.5, 0.6) is 5.75 Å². The van der Waals surface area contributed by atoms with Gasteiger partial charge in [-0.3, -0.25) is 10.1 Å². The molecule has 2 rings (SSSR count). The van der Waals surface area contributed by atoms with Crippen molar-refractivity contribution in [2.24, 2.45) is 0 Å². The fourth-order valence-electron chi connectivity index (χ4n) is 1.68. The van der Waals surface area contributed by atoms with Gasteiger partial charge in [-0.15, -0.1) is 11.3 Å². The maximum atomic E-state index is 10.8. The monoisotopic (exact) mass is 293 g/mol. The van der Waals surface area contributed by atoms with E-state index in [2.05, 4.69) is 17.2 Å². The van der Waals surface area contributed by atoms with Crippen LogP contribution in [-0.4, -0.2) is 17.0 Å². The normalized spacial score (nSPS) is 10.3. The van der Waals surface area contributed by atoms with E-state index in [1.54, 1.807) is 17.4 Å². The van der Waals surface area contributed by atoms with Crippen molar-refractivity contribution in [1.29, 1.82) is 0 Å². The maximum absolute atomic E-state index is 10.8. The van der Waals surface area contributed by atoms with Crippen LogP contribution in [0.1, 0.15) is 16.8 Å². The third-order valence-corrected chi connectivity index (χ3v) is 3.87. The molecule has 0 saturated heterocycles. The number of aromatic nitrogens is 1. The molecule has 0 radical (unpaired) electrons. The molecular weight excluding hydrogens is 278 g/mol. The van der Waals surface area contributed by atoms with E-state index < -0.39 is 4.92 Å². The number of hydrogen-bond acceptors (Lipinski definition) is 6. The van der Waals surface area contributed by atoms with Crippen LogP contribution in [0.2, 0.25) is 0 Å². The average Bonchev–Trinajstić information content (AvgIpc) is 2.92. The predicted octanol–water partition coefficient (Wildman–Crippen LogP) is 3.23. The summed E-state index contributed by atoms with van der Waals surface area (Å²) in [4.78, 5) is 15.9. The molecule has 0 atom stereocenters. The number of thiazole rings is 1. The van der Waals surface area contributed by atoms with E-state index in [4.69, 9.17) is 4.74 Å². The standard InChI is InChI=1S/C13H15N3O3S/c1-3-12-7-15-13(20-12)8-14-9-4-10(16(17)18)6-11(5-9)19-2/h4-7,14H,3,8H2,1-2H3. The third-order valence-electron chi connectivity index (χ3n) is 2.73. The zero-order chi connectivity index (χ0) is 14.5. The van der Waals surface area contributed by atoms with Gasteiger partial charge in [0.05, 0.1) is 24.6 Å². The molecule has 0 amide bonds. The molecule has 1 N–H and O–H groups in total. The lowest BCUT2D eigenvalue weighted by Gasteiger charge is -2.06. The SMILES string of the molecule is CCc1cnc(CNc2cc(OC)cc([N+](=O)[O-])c2)s1. The van der Waals surface area contributed by atoms with Crippen LogP contribution in [0.25, 0.3) is 0 Å². The topological polar surface area (TPSA) is 77.3 Å². The van der Waals surface area contributed by atoms with Crippen LogP contribution < -0.4 is 10.1 Å². The van der Waals surface area contributed by atoms with E-state index in [9.17, 15) is 10.1 Å². The van der Waals surface area contributed by atoms with E-state index >= 15 is 0 Å². The summed E-state index contributed by atoms with van der Waals surface area (Å²) in [5.74, 6) is 0.454. The lowest BCUT2D eigenvalue weighted by Crippen LogP contribution is -2.00. The summed E-state index contributed by atoms with van der Waals surface area (Å²) < 4.78 is 5.06. The number of ether oxygens (including phenoxy) is 1. The molecule has 0 aliphatic heterocycles. The van der Waals surface area contributed by atoms with E-state index in [0.29, 0.717) is 18.0 Å². The first-order valence-electron chi connectivity index (χ1n) is 6.13. The van der Waals surface area contributed by atoms with Crippen molar-refractivity contribution >= 4 is 22.7 Å². The molecule has 0 unspecified atom stereocenters. The molecule has 20 heavy (non-hydrogen) atoms. The molecule has 6 nitrogen and oxygen atoms in total. The number of hydrogen-bond donors (Lipinski definition) is 1. The molecule has 1 heterocycles. The number of rotatable bonds is 6. The molecule has 0 aliphatic carbocycles. The van der Waals surface area contributed by atoms with Crippen molar-refractivity contribution in [3.8, 4) is 5.75 Å². The van der Waals surface area contributed by atoms with E-state index in [1.165, 1.54) is 24.1 Å². The van der Waals surface area contributed by atoms with Gasteiger partial charge < -0.3 is 10.1 Å². The van der Waals surface area contributed by atoms with Gasteiger partial charge in [-0.2, -0.15) is 0 Å². The summed E-state index contributed by atoms with van der Waals surface area (Å²) in [5.41, 5.74) is 0.643. The first-order chi connectivity index (χ1) is 9.62. The summed E-state index contributed by atoms with van der Waals surface area (Å²) in [7, 11) is 1.48. The van der Waals surface area contributed by atoms with Crippen molar-refractivity contribution in [2.75, 3.05) is 12.4 Å². The van der Waals surface area contributed by atoms with E-state index in [-0.39, 0.29) is 5.69 Å². The van der Waals surface area contributed by atoms with Crippen molar-refractivity contribution in [1.82, 2.24) is 4.98 Å². The molecule has 7 heteroatoms. The van der Waals surface area contributed by atoms with Crippen LogP contribution in [0.4, 0.5) is 11.4 Å². The second kappa shape index (κ2) is 6.33. The molecule has 106 valence electrons. The summed E-state index contributed by atoms with van der Waals surface area (Å²) in [6.45, 7) is 2.62. The van der Waals surface area contributed by atoms with Crippen LogP contribution in [0.15, 0.2) is 24.4 Å². The molecule has 0 fully saturated rings. The number of aryl methyl sites for hydroxylation is 1. The first kappa shape index (κ1) is 14.3. The fraction of sp³-hybridized carbons (Fsp3) is 0.308. The Hall–Kier alpha value is -2.15. The molecular formula is C13H15N3O3S. The number of non-ortho nitro benzene ring substituents is 1. The third kappa shape index (κ3) is 3.45. The van der Waals surface area contributed by atoms with Gasteiger partial charge in [-0.05, 0) is 6.42 Å². The Balaban J connectivity index is 2.12. The number of methoxy groups -OCH3 is 1. The van der Waals surface area contributed by atoms with Gasteiger partial charge in [0.15, 0.2) is 0 Å². The van der Waals surface area contributed by atoms with Crippen LogP contribution in [0.3, 0.4) is 0 Å². The van der Waals surface area contributed by atoms with Gasteiger partial charge in [0.1, 0.15) is 10.8 Å². The summed E-state index contributed by atoms with van der Waals surface area (Å²) in [5, 5.41) is 14.9. The second-order valence-corrected chi connectivity index (χ2v) is 5.30. The lowest BCUT2D eigenvalue weighted by atomic mass is 10.2. The number of anilines is 1. The Morgan fingerprint density at radius 2 is 2.25 bits per heavy atom. The Labute approximate surface area is 120 Å². The molecule has 0 spiro atoms. The number of benzene rings is 1. The zero-order valence-electron chi connectivity index (χ0n) is 11.3. The Bertz CT molecular complexity index is 613. The largest absolute Gasteiger partial charge is 0.496 e. The van der Waals surface area contributed by atoms with Crippen molar-refractivity contribution in [3.63, 3.8) is 0 Å². The van der Waals surface area contributed by atoms with Crippen molar-refractivity contribution < 1.29 is 9.66 Å². The molecule has 2 aromatic rings. The van der Waals surface area contributed by atoms with Gasteiger partial charge in [0.25, 0.3) is 5.69 Å².